The van der Waals surface area contributed by atoms with E-state index in [-0.39, 0.29) is 2.85 Å². The highest BCUT2D eigenvalue weighted by Crippen LogP contribution is 1.57. The van der Waals surface area contributed by atoms with E-state index in [1.54, 1.807) is 7.11 Å². The number of nitrogens with one attached hydrogen (secondary N) is 1. The number of nitrogens with two attached hydrogens (primary N) is 2. The minimum atomic E-state index is 0. The van der Waals surface area contributed by atoms with Crippen LogP contribution in [0.4, 0.5) is 0 Å². The summed E-state index contributed by atoms with van der Waals surface area (Å²) >= 11 is 0. The lowest BCUT2D eigenvalue weighted by Gasteiger charge is -1.91. The van der Waals surface area contributed by atoms with E-state index < -0.39 is 0 Å². The van der Waals surface area contributed by atoms with E-state index in [2.05, 4.69) is 4.74 Å². The van der Waals surface area contributed by atoms with Gasteiger partial charge in [0.2, 0.25) is 0 Å². The van der Waals surface area contributed by atoms with Gasteiger partial charge in [0.05, 0.1) is 6.61 Å². The molecule has 0 radical (unpaired) electrons. The van der Waals surface area contributed by atoms with E-state index in [9.17, 15) is 0 Å². The van der Waals surface area contributed by atoms with Gasteiger partial charge in [-0.1, -0.05) is 0 Å². The van der Waals surface area contributed by atoms with E-state index in [1.807, 2.05) is 5.48 Å². The van der Waals surface area contributed by atoms with Crippen LogP contribution in [0.5, 0.6) is 0 Å². The molecule has 0 aliphatic heterocycles. The number of methoxy groups -OCH3 is 1. The monoisotopic (exact) mass is 155 g/mol. The predicted octanol–water partition coefficient (Wildman–Crippen LogP) is -0.993. The molecule has 5 nitrogen and oxygen atoms in total. The minimum Gasteiger partial charge on any atom is -0.383 e. The molecule has 0 spiro atoms. The van der Waals surface area contributed by atoms with Gasteiger partial charge >= 0.3 is 0 Å². The zero-order valence-electron chi connectivity index (χ0n) is 6.34. The summed E-state index contributed by atoms with van der Waals surface area (Å²) < 4.78 is 4.56. The van der Waals surface area contributed by atoms with Gasteiger partial charge in [0, 0.05) is 29.6 Å². The Kier molecular flexibility index (Phi) is 19.9. The number of hydroxylamine groups is 1. The van der Waals surface area contributed by atoms with Gasteiger partial charge in [-0.2, -0.15) is 0 Å². The number of hydrogen-bond acceptors (Lipinski definition) is 5. The molecule has 0 aromatic carbocycles. The molecule has 0 heterocycles. The van der Waals surface area contributed by atoms with Crippen molar-refractivity contribution in [3.8, 4) is 0 Å². The lowest BCUT2D eigenvalue weighted by molar-refractivity contribution is 0.118. The van der Waals surface area contributed by atoms with E-state index >= 15 is 0 Å². The average molecular weight is 155 g/mol. The van der Waals surface area contributed by atoms with Crippen molar-refractivity contribution in [2.75, 3.05) is 33.4 Å². The maximum atomic E-state index is 7.87. The Labute approximate surface area is 64.3 Å². The highest BCUT2D eigenvalue weighted by molar-refractivity contribution is 4.26. The summed E-state index contributed by atoms with van der Waals surface area (Å²) in [7, 11) is 1.58. The third kappa shape index (κ3) is 25.0. The number of hydrogen-bond donors (Lipinski definition) is 4. The topological polar surface area (TPSA) is 93.5 Å². The quantitative estimate of drug-likeness (QED) is 0.309. The van der Waals surface area contributed by atoms with E-state index in [0.717, 1.165) is 0 Å². The normalized spacial score (nSPS) is 8.40. The van der Waals surface area contributed by atoms with E-state index in [0.29, 0.717) is 26.2 Å². The highest BCUT2D eigenvalue weighted by atomic mass is 16.5. The molecule has 0 saturated heterocycles. The average Bonchev–Trinajstić information content (AvgIpc) is 2.01. The van der Waals surface area contributed by atoms with Crippen LogP contribution in [0.15, 0.2) is 0 Å². The van der Waals surface area contributed by atoms with Crippen LogP contribution in [0.1, 0.15) is 2.85 Å². The maximum Gasteiger partial charge on any atom is 0.0610 e. The van der Waals surface area contributed by atoms with Crippen LogP contribution in [-0.2, 0) is 4.74 Å². The van der Waals surface area contributed by atoms with Crippen molar-refractivity contribution in [3.63, 3.8) is 0 Å². The van der Waals surface area contributed by atoms with Crippen LogP contribution in [-0.4, -0.2) is 38.6 Å². The van der Waals surface area contributed by atoms with Crippen LogP contribution in [0.25, 0.3) is 0 Å². The van der Waals surface area contributed by atoms with Crippen LogP contribution < -0.4 is 16.9 Å². The third-order valence-corrected chi connectivity index (χ3v) is 0.585. The molecule has 0 bridgehead atoms. The summed E-state index contributed by atoms with van der Waals surface area (Å²) in [6.07, 6.45) is 0. The van der Waals surface area contributed by atoms with Crippen molar-refractivity contribution in [1.82, 2.24) is 5.48 Å². The molecule has 0 aliphatic rings. The zero-order valence-corrected chi connectivity index (χ0v) is 6.34. The molecule has 5 heteroatoms. The maximum absolute atomic E-state index is 7.87. The standard InChI is InChI=1S/C3H9NO2.C2H8N2.2H2/c1-6-3-2-4-5;3-1-2-4;;/h4-5H,2-3H2,1H3;1-4H2;2*1H. The molecule has 0 saturated carbocycles. The van der Waals surface area contributed by atoms with Gasteiger partial charge in [-0.15, -0.1) is 0 Å². The molecule has 0 aliphatic carbocycles. The molecular formula is C5H21N3O2. The van der Waals surface area contributed by atoms with Crippen molar-refractivity contribution in [3.05, 3.63) is 0 Å². The van der Waals surface area contributed by atoms with Gasteiger partial charge in [-0.25, -0.2) is 5.48 Å². The summed E-state index contributed by atoms with van der Waals surface area (Å²) in [4.78, 5) is 0. The molecule has 0 rings (SSSR count). The van der Waals surface area contributed by atoms with Crippen molar-refractivity contribution < 1.29 is 12.8 Å². The fourth-order valence-electron chi connectivity index (χ4n) is 0.148. The van der Waals surface area contributed by atoms with Gasteiger partial charge < -0.3 is 21.4 Å². The molecule has 10 heavy (non-hydrogen) atoms. The van der Waals surface area contributed by atoms with Crippen molar-refractivity contribution in [2.45, 2.75) is 0 Å². The van der Waals surface area contributed by atoms with E-state index in [1.165, 1.54) is 0 Å². The molecule has 0 aromatic rings. The Balaban J connectivity index is -0.0000000483. The van der Waals surface area contributed by atoms with Gasteiger partial charge in [0.1, 0.15) is 0 Å². The van der Waals surface area contributed by atoms with Crippen LogP contribution in [0, 0.1) is 0 Å². The second-order valence-electron chi connectivity index (χ2n) is 1.48. The Morgan fingerprint density at radius 2 is 2.00 bits per heavy atom. The Bertz CT molecular complexity index is 47.7. The summed E-state index contributed by atoms with van der Waals surface area (Å²) in [5, 5.41) is 7.87. The van der Waals surface area contributed by atoms with Crippen LogP contribution in [0.3, 0.4) is 0 Å². The molecule has 6 N–H and O–H groups in total. The summed E-state index contributed by atoms with van der Waals surface area (Å²) in [6.45, 7) is 2.24. The second-order valence-corrected chi connectivity index (χ2v) is 1.48. The predicted molar refractivity (Wildman–Crippen MR) is 44.0 cm³/mol. The van der Waals surface area contributed by atoms with Crippen LogP contribution >= 0.6 is 0 Å². The Morgan fingerprint density at radius 1 is 1.50 bits per heavy atom. The molecule has 0 atom stereocenters. The van der Waals surface area contributed by atoms with Gasteiger partial charge in [-0.05, 0) is 0 Å². The Morgan fingerprint density at radius 3 is 2.10 bits per heavy atom. The van der Waals surface area contributed by atoms with Gasteiger partial charge in [0.15, 0.2) is 0 Å². The van der Waals surface area contributed by atoms with Crippen molar-refractivity contribution >= 4 is 0 Å². The lowest BCUT2D eigenvalue weighted by atomic mass is 10.7. The first kappa shape index (κ1) is 12.5. The fourth-order valence-corrected chi connectivity index (χ4v) is 0.148. The first-order chi connectivity index (χ1) is 4.83. The molecule has 0 unspecified atom stereocenters. The largest absolute Gasteiger partial charge is 0.383 e. The molecule has 68 valence electrons. The van der Waals surface area contributed by atoms with E-state index in [4.69, 9.17) is 16.7 Å². The van der Waals surface area contributed by atoms with Crippen molar-refractivity contribution in [1.29, 1.82) is 0 Å². The van der Waals surface area contributed by atoms with Crippen LogP contribution in [0.2, 0.25) is 0 Å². The number of ether oxygens (including phenoxy) is 1. The molecule has 0 amide bonds. The summed E-state index contributed by atoms with van der Waals surface area (Å²) in [5.74, 6) is 0. The highest BCUT2D eigenvalue weighted by Gasteiger charge is 1.73. The second kappa shape index (κ2) is 15.9. The van der Waals surface area contributed by atoms with Crippen molar-refractivity contribution in [2.24, 2.45) is 11.5 Å². The first-order valence-corrected chi connectivity index (χ1v) is 3.09. The minimum absolute atomic E-state index is 0. The zero-order chi connectivity index (χ0) is 8.24. The van der Waals surface area contributed by atoms with Gasteiger partial charge in [0.25, 0.3) is 0 Å². The smallest absolute Gasteiger partial charge is 0.0610 e. The molecule has 0 fully saturated rings. The summed E-state index contributed by atoms with van der Waals surface area (Å²) in [6, 6.07) is 0. The van der Waals surface area contributed by atoms with Gasteiger partial charge in [-0.3, -0.25) is 0 Å². The SMILES string of the molecule is COCCNO.NCCN.[HH].[HH]. The fraction of sp³-hybridized carbons (Fsp3) is 1.00. The Hall–Kier alpha value is -0.200. The lowest BCUT2D eigenvalue weighted by Crippen LogP contribution is -2.13. The molecular weight excluding hydrogens is 134 g/mol. The third-order valence-electron chi connectivity index (χ3n) is 0.585. The summed E-state index contributed by atoms with van der Waals surface area (Å²) in [5.41, 5.74) is 11.7. The first-order valence-electron chi connectivity index (χ1n) is 3.09. The molecule has 0 aromatic heterocycles. The number of rotatable bonds is 4.